The number of anilines is 3. The molecule has 4 rings (SSSR count). The molecule has 2 aliphatic rings. The normalized spacial score (nSPS) is 20.0. The molecule has 148 valence electrons. The van der Waals surface area contributed by atoms with Gasteiger partial charge >= 0.3 is 0 Å². The fraction of sp³-hybridized carbons (Fsp3) is 0.476. The van der Waals surface area contributed by atoms with Crippen molar-refractivity contribution in [2.75, 3.05) is 61.0 Å². The molecule has 1 amide bonds. The molecular formula is C21H28N6O. The van der Waals surface area contributed by atoms with Crippen LogP contribution in [0.3, 0.4) is 0 Å². The van der Waals surface area contributed by atoms with Gasteiger partial charge in [0.1, 0.15) is 0 Å². The zero-order valence-electron chi connectivity index (χ0n) is 16.7. The minimum atomic E-state index is 0.194. The van der Waals surface area contributed by atoms with Crippen LogP contribution in [0.15, 0.2) is 42.7 Å². The second kappa shape index (κ2) is 8.04. The molecule has 1 atom stereocenters. The van der Waals surface area contributed by atoms with Crippen LogP contribution in [0.4, 0.5) is 17.3 Å². The van der Waals surface area contributed by atoms with Gasteiger partial charge in [-0.15, -0.1) is 0 Å². The summed E-state index contributed by atoms with van der Waals surface area (Å²) in [4.78, 5) is 30.4. The number of carbonyl (C=O) groups excluding carboxylic acids is 1. The average Bonchev–Trinajstić information content (AvgIpc) is 2.87. The van der Waals surface area contributed by atoms with Crippen LogP contribution in [-0.2, 0) is 4.79 Å². The van der Waals surface area contributed by atoms with Gasteiger partial charge in [-0.3, -0.25) is 4.79 Å². The van der Waals surface area contributed by atoms with Gasteiger partial charge in [-0.2, -0.15) is 0 Å². The highest BCUT2D eigenvalue weighted by molar-refractivity contribution is 5.84. The van der Waals surface area contributed by atoms with E-state index < -0.39 is 0 Å². The zero-order valence-corrected chi connectivity index (χ0v) is 16.7. The largest absolute Gasteiger partial charge is 0.373 e. The Morgan fingerprint density at radius 1 is 1.00 bits per heavy atom. The molecule has 0 aliphatic carbocycles. The Morgan fingerprint density at radius 2 is 1.68 bits per heavy atom. The third-order valence-electron chi connectivity index (χ3n) is 5.79. The Bertz CT molecular complexity index is 806. The molecule has 0 saturated carbocycles. The molecule has 7 heteroatoms. The standard InChI is InChI=1S/C21H28N6O/c1-17-8-11-24(2)18-6-3-4-7-19(18)27(17)16-20(28)25-12-14-26(15-13-25)21-22-9-5-10-23-21/h3-7,9-10,17H,8,11-16H2,1-2H3/t17-/m1/s1. The summed E-state index contributed by atoms with van der Waals surface area (Å²) in [7, 11) is 2.13. The number of aromatic nitrogens is 2. The van der Waals surface area contributed by atoms with E-state index in [1.54, 1.807) is 12.4 Å². The van der Waals surface area contributed by atoms with E-state index in [1.165, 1.54) is 5.69 Å². The van der Waals surface area contributed by atoms with Crippen LogP contribution in [0.25, 0.3) is 0 Å². The van der Waals surface area contributed by atoms with E-state index in [2.05, 4.69) is 62.9 Å². The second-order valence-corrected chi connectivity index (χ2v) is 7.59. The Kier molecular flexibility index (Phi) is 5.32. The first-order valence-corrected chi connectivity index (χ1v) is 10.00. The predicted octanol–water partition coefficient (Wildman–Crippen LogP) is 1.86. The Balaban J connectivity index is 1.43. The van der Waals surface area contributed by atoms with E-state index in [4.69, 9.17) is 0 Å². The Morgan fingerprint density at radius 3 is 2.39 bits per heavy atom. The minimum absolute atomic E-state index is 0.194. The molecule has 0 N–H and O–H groups in total. The summed E-state index contributed by atoms with van der Waals surface area (Å²) in [5.74, 6) is 0.938. The van der Waals surface area contributed by atoms with Crippen molar-refractivity contribution in [2.24, 2.45) is 0 Å². The molecular weight excluding hydrogens is 352 g/mol. The van der Waals surface area contributed by atoms with Crippen molar-refractivity contribution >= 4 is 23.2 Å². The molecule has 1 saturated heterocycles. The van der Waals surface area contributed by atoms with Crippen molar-refractivity contribution in [3.63, 3.8) is 0 Å². The first kappa shape index (κ1) is 18.5. The Hall–Kier alpha value is -2.83. The molecule has 2 aliphatic heterocycles. The fourth-order valence-electron chi connectivity index (χ4n) is 4.02. The number of benzene rings is 1. The van der Waals surface area contributed by atoms with Crippen molar-refractivity contribution < 1.29 is 4.79 Å². The van der Waals surface area contributed by atoms with Crippen molar-refractivity contribution in [1.82, 2.24) is 14.9 Å². The molecule has 1 aromatic heterocycles. The maximum atomic E-state index is 13.1. The number of hydrogen-bond donors (Lipinski definition) is 0. The van der Waals surface area contributed by atoms with Crippen molar-refractivity contribution in [2.45, 2.75) is 19.4 Å². The summed E-state index contributed by atoms with van der Waals surface area (Å²) in [5, 5.41) is 0. The average molecular weight is 380 g/mol. The van der Waals surface area contributed by atoms with E-state index in [9.17, 15) is 4.79 Å². The predicted molar refractivity (Wildman–Crippen MR) is 112 cm³/mol. The SMILES string of the molecule is C[C@@H]1CCN(C)c2ccccc2N1CC(=O)N1CCN(c2ncccn2)CC1. The van der Waals surface area contributed by atoms with Crippen molar-refractivity contribution in [1.29, 1.82) is 0 Å². The lowest BCUT2D eigenvalue weighted by Crippen LogP contribution is -2.52. The number of fused-ring (bicyclic) bond motifs is 1. The molecule has 1 aromatic carbocycles. The number of rotatable bonds is 3. The van der Waals surface area contributed by atoms with Gasteiger partial charge < -0.3 is 19.6 Å². The van der Waals surface area contributed by atoms with Crippen LogP contribution in [-0.4, -0.2) is 73.1 Å². The summed E-state index contributed by atoms with van der Waals surface area (Å²) >= 11 is 0. The van der Waals surface area contributed by atoms with Crippen LogP contribution >= 0.6 is 0 Å². The highest BCUT2D eigenvalue weighted by Gasteiger charge is 2.28. The van der Waals surface area contributed by atoms with E-state index in [-0.39, 0.29) is 5.91 Å². The second-order valence-electron chi connectivity index (χ2n) is 7.59. The van der Waals surface area contributed by atoms with Gasteiger partial charge in [0.05, 0.1) is 17.9 Å². The smallest absolute Gasteiger partial charge is 0.242 e. The van der Waals surface area contributed by atoms with E-state index >= 15 is 0 Å². The number of carbonyl (C=O) groups is 1. The van der Waals surface area contributed by atoms with Crippen molar-refractivity contribution in [3.8, 4) is 0 Å². The van der Waals surface area contributed by atoms with Gasteiger partial charge in [0, 0.05) is 58.2 Å². The van der Waals surface area contributed by atoms with Crippen LogP contribution in [0, 0.1) is 0 Å². The number of nitrogens with zero attached hydrogens (tertiary/aromatic N) is 6. The molecule has 3 heterocycles. The monoisotopic (exact) mass is 380 g/mol. The topological polar surface area (TPSA) is 55.8 Å². The van der Waals surface area contributed by atoms with E-state index in [0.717, 1.165) is 37.7 Å². The minimum Gasteiger partial charge on any atom is -0.373 e. The van der Waals surface area contributed by atoms with Gasteiger partial charge in [-0.05, 0) is 31.5 Å². The Labute approximate surface area is 166 Å². The quantitative estimate of drug-likeness (QED) is 0.810. The number of piperazine rings is 1. The first-order valence-electron chi connectivity index (χ1n) is 10.00. The maximum Gasteiger partial charge on any atom is 0.242 e. The van der Waals surface area contributed by atoms with E-state index in [0.29, 0.717) is 25.7 Å². The summed E-state index contributed by atoms with van der Waals surface area (Å²) in [5.41, 5.74) is 2.35. The highest BCUT2D eigenvalue weighted by atomic mass is 16.2. The molecule has 2 aromatic rings. The molecule has 0 radical (unpaired) electrons. The van der Waals surface area contributed by atoms with Crippen LogP contribution in [0.5, 0.6) is 0 Å². The fourth-order valence-corrected chi connectivity index (χ4v) is 4.02. The van der Waals surface area contributed by atoms with Gasteiger partial charge in [0.2, 0.25) is 11.9 Å². The van der Waals surface area contributed by atoms with Crippen LogP contribution in [0.2, 0.25) is 0 Å². The number of amides is 1. The lowest BCUT2D eigenvalue weighted by molar-refractivity contribution is -0.130. The van der Waals surface area contributed by atoms with Gasteiger partial charge in [0.25, 0.3) is 0 Å². The number of hydrogen-bond acceptors (Lipinski definition) is 6. The summed E-state index contributed by atoms with van der Waals surface area (Å²) in [6.45, 7) is 6.59. The summed E-state index contributed by atoms with van der Waals surface area (Å²) in [6, 6.07) is 10.5. The molecule has 1 fully saturated rings. The third kappa shape index (κ3) is 3.74. The summed E-state index contributed by atoms with van der Waals surface area (Å²) < 4.78 is 0. The van der Waals surface area contributed by atoms with Gasteiger partial charge in [-0.1, -0.05) is 12.1 Å². The zero-order chi connectivity index (χ0) is 19.5. The first-order chi connectivity index (χ1) is 13.6. The van der Waals surface area contributed by atoms with Crippen molar-refractivity contribution in [3.05, 3.63) is 42.7 Å². The van der Waals surface area contributed by atoms with Gasteiger partial charge in [-0.25, -0.2) is 9.97 Å². The molecule has 28 heavy (non-hydrogen) atoms. The lowest BCUT2D eigenvalue weighted by atomic mass is 10.1. The lowest BCUT2D eigenvalue weighted by Gasteiger charge is -2.37. The molecule has 7 nitrogen and oxygen atoms in total. The number of para-hydroxylation sites is 2. The van der Waals surface area contributed by atoms with Crippen LogP contribution in [0.1, 0.15) is 13.3 Å². The summed E-state index contributed by atoms with van der Waals surface area (Å²) in [6.07, 6.45) is 4.56. The third-order valence-corrected chi connectivity index (χ3v) is 5.79. The molecule has 0 bridgehead atoms. The molecule has 0 unspecified atom stereocenters. The highest BCUT2D eigenvalue weighted by Crippen LogP contribution is 2.33. The van der Waals surface area contributed by atoms with Crippen LogP contribution < -0.4 is 14.7 Å². The van der Waals surface area contributed by atoms with E-state index in [1.807, 2.05) is 11.0 Å². The molecule has 0 spiro atoms. The van der Waals surface area contributed by atoms with Gasteiger partial charge in [0.15, 0.2) is 0 Å². The maximum absolute atomic E-state index is 13.1.